The number of amides is 2. The van der Waals surface area contributed by atoms with Gasteiger partial charge >= 0.3 is 6.09 Å². The number of hydrogen-bond acceptors (Lipinski definition) is 5. The molecule has 0 saturated carbocycles. The summed E-state index contributed by atoms with van der Waals surface area (Å²) in [6.07, 6.45) is 1.70. The van der Waals surface area contributed by atoms with E-state index in [-0.39, 0.29) is 12.0 Å². The monoisotopic (exact) mass is 561 g/mol. The fourth-order valence-electron chi connectivity index (χ4n) is 5.47. The number of anilines is 1. The highest BCUT2D eigenvalue weighted by molar-refractivity contribution is 6.14. The van der Waals surface area contributed by atoms with Gasteiger partial charge in [0.1, 0.15) is 11.3 Å². The van der Waals surface area contributed by atoms with E-state index in [2.05, 4.69) is 35.3 Å². The van der Waals surface area contributed by atoms with E-state index in [1.165, 1.54) is 0 Å². The Labute approximate surface area is 245 Å². The van der Waals surface area contributed by atoms with Gasteiger partial charge in [-0.05, 0) is 53.1 Å². The quantitative estimate of drug-likeness (QED) is 0.198. The van der Waals surface area contributed by atoms with Gasteiger partial charge in [0.05, 0.1) is 12.3 Å². The number of piperazine rings is 1. The van der Waals surface area contributed by atoms with Crippen molar-refractivity contribution < 1.29 is 18.7 Å². The lowest BCUT2D eigenvalue weighted by atomic mass is 10.0. The van der Waals surface area contributed by atoms with Gasteiger partial charge in [0, 0.05) is 49.2 Å². The number of nitrogens with zero attached hydrogens (tertiary/aromatic N) is 2. The predicted octanol–water partition coefficient (Wildman–Crippen LogP) is 7.56. The molecule has 0 aliphatic carbocycles. The molecule has 5 aromatic rings. The van der Waals surface area contributed by atoms with Crippen LogP contribution in [0.25, 0.3) is 33.1 Å². The normalized spacial score (nSPS) is 13.9. The van der Waals surface area contributed by atoms with Crippen LogP contribution in [-0.4, -0.2) is 54.6 Å². The van der Waals surface area contributed by atoms with Crippen molar-refractivity contribution in [1.29, 1.82) is 0 Å². The lowest BCUT2D eigenvalue weighted by molar-refractivity contribution is 0.0737. The maximum atomic E-state index is 13.4. The maximum absolute atomic E-state index is 13.4. The van der Waals surface area contributed by atoms with Crippen molar-refractivity contribution in [2.45, 2.75) is 26.3 Å². The Morgan fingerprint density at radius 1 is 0.857 bits per heavy atom. The third-order valence-electron chi connectivity index (χ3n) is 7.82. The standard InChI is InChI=1S/C35H35N3O4/c1-2-3-21-41-35(40)38-19-17-37(18-20-38)24-25-15-16-27-23-33(42-32(27)22-25)30-12-6-7-14-31(30)36-34(39)29-13-8-10-26-9-4-5-11-28(26)29/h4-16,22-23H,2-3,17-21,24H2,1H3,(H,36,39). The first-order valence-electron chi connectivity index (χ1n) is 14.6. The zero-order valence-corrected chi connectivity index (χ0v) is 23.8. The average molecular weight is 562 g/mol. The minimum atomic E-state index is -0.207. The van der Waals surface area contributed by atoms with Crippen molar-refractivity contribution in [3.8, 4) is 11.3 Å². The van der Waals surface area contributed by atoms with E-state index in [0.29, 0.717) is 36.7 Å². The van der Waals surface area contributed by atoms with Crippen molar-refractivity contribution in [2.75, 3.05) is 38.1 Å². The van der Waals surface area contributed by atoms with Gasteiger partial charge in [0.2, 0.25) is 0 Å². The molecule has 1 fully saturated rings. The molecule has 6 rings (SSSR count). The molecule has 1 N–H and O–H groups in total. The van der Waals surface area contributed by atoms with Gasteiger partial charge < -0.3 is 19.4 Å². The lowest BCUT2D eigenvalue weighted by Gasteiger charge is -2.34. The van der Waals surface area contributed by atoms with Gasteiger partial charge in [0.15, 0.2) is 0 Å². The van der Waals surface area contributed by atoms with Crippen molar-refractivity contribution >= 4 is 39.4 Å². The number of fused-ring (bicyclic) bond motifs is 2. The summed E-state index contributed by atoms with van der Waals surface area (Å²) in [5.74, 6) is 0.540. The van der Waals surface area contributed by atoms with E-state index >= 15 is 0 Å². The number of furan rings is 1. The summed E-state index contributed by atoms with van der Waals surface area (Å²) in [5, 5.41) is 6.06. The molecule has 214 valence electrons. The van der Waals surface area contributed by atoms with Gasteiger partial charge in [0.25, 0.3) is 5.91 Å². The van der Waals surface area contributed by atoms with Crippen LogP contribution in [0.4, 0.5) is 10.5 Å². The van der Waals surface area contributed by atoms with Crippen LogP contribution in [-0.2, 0) is 11.3 Å². The van der Waals surface area contributed by atoms with Crippen LogP contribution in [0.3, 0.4) is 0 Å². The lowest BCUT2D eigenvalue weighted by Crippen LogP contribution is -2.48. The van der Waals surface area contributed by atoms with Crippen LogP contribution < -0.4 is 5.32 Å². The van der Waals surface area contributed by atoms with Gasteiger partial charge in [-0.25, -0.2) is 4.79 Å². The van der Waals surface area contributed by atoms with E-state index in [9.17, 15) is 9.59 Å². The van der Waals surface area contributed by atoms with E-state index < -0.39 is 0 Å². The minimum Gasteiger partial charge on any atom is -0.456 e. The van der Waals surface area contributed by atoms with E-state index in [1.807, 2.05) is 72.8 Å². The number of carbonyl (C=O) groups excluding carboxylic acids is 2. The third kappa shape index (κ3) is 6.02. The van der Waals surface area contributed by atoms with Crippen LogP contribution in [0, 0.1) is 0 Å². The molecule has 0 spiro atoms. The fraction of sp³-hybridized carbons (Fsp3) is 0.257. The van der Waals surface area contributed by atoms with E-state index in [0.717, 1.165) is 65.3 Å². The summed E-state index contributed by atoms with van der Waals surface area (Å²) in [7, 11) is 0. The summed E-state index contributed by atoms with van der Waals surface area (Å²) in [5.41, 5.74) is 4.11. The van der Waals surface area contributed by atoms with Crippen molar-refractivity contribution in [2.24, 2.45) is 0 Å². The number of unbranched alkanes of at least 4 members (excludes halogenated alkanes) is 1. The number of ether oxygens (including phenoxy) is 1. The Balaban J connectivity index is 1.15. The summed E-state index contributed by atoms with van der Waals surface area (Å²) in [4.78, 5) is 29.8. The maximum Gasteiger partial charge on any atom is 0.409 e. The van der Waals surface area contributed by atoms with Crippen molar-refractivity contribution in [3.63, 3.8) is 0 Å². The molecule has 7 heteroatoms. The van der Waals surface area contributed by atoms with Crippen LogP contribution in [0.5, 0.6) is 0 Å². The molecular formula is C35H35N3O4. The molecule has 0 atom stereocenters. The highest BCUT2D eigenvalue weighted by Gasteiger charge is 2.22. The highest BCUT2D eigenvalue weighted by atomic mass is 16.6. The molecule has 0 radical (unpaired) electrons. The molecule has 42 heavy (non-hydrogen) atoms. The zero-order valence-electron chi connectivity index (χ0n) is 23.8. The van der Waals surface area contributed by atoms with Crippen LogP contribution in [0.15, 0.2) is 95.4 Å². The second kappa shape index (κ2) is 12.5. The minimum absolute atomic E-state index is 0.160. The average Bonchev–Trinajstić information content (AvgIpc) is 3.45. The molecule has 0 bridgehead atoms. The third-order valence-corrected chi connectivity index (χ3v) is 7.82. The van der Waals surface area contributed by atoms with Gasteiger partial charge in [-0.3, -0.25) is 9.69 Å². The number of nitrogens with one attached hydrogen (secondary N) is 1. The van der Waals surface area contributed by atoms with Crippen LogP contribution in [0.2, 0.25) is 0 Å². The summed E-state index contributed by atoms with van der Waals surface area (Å²) < 4.78 is 11.7. The Morgan fingerprint density at radius 2 is 1.64 bits per heavy atom. The smallest absolute Gasteiger partial charge is 0.409 e. The first-order valence-corrected chi connectivity index (χ1v) is 14.6. The topological polar surface area (TPSA) is 75.0 Å². The molecule has 1 aromatic heterocycles. The molecule has 0 unspecified atom stereocenters. The molecular weight excluding hydrogens is 526 g/mol. The highest BCUT2D eigenvalue weighted by Crippen LogP contribution is 2.34. The van der Waals surface area contributed by atoms with Crippen LogP contribution in [0.1, 0.15) is 35.7 Å². The Hall–Kier alpha value is -4.62. The molecule has 2 amide bonds. The van der Waals surface area contributed by atoms with Crippen molar-refractivity contribution in [3.05, 3.63) is 102 Å². The van der Waals surface area contributed by atoms with Gasteiger partial charge in [-0.2, -0.15) is 0 Å². The van der Waals surface area contributed by atoms with E-state index in [4.69, 9.17) is 9.15 Å². The summed E-state index contributed by atoms with van der Waals surface area (Å²) in [6.45, 7) is 6.28. The van der Waals surface area contributed by atoms with Crippen molar-refractivity contribution in [1.82, 2.24) is 9.80 Å². The largest absolute Gasteiger partial charge is 0.456 e. The Morgan fingerprint density at radius 3 is 2.50 bits per heavy atom. The van der Waals surface area contributed by atoms with E-state index in [1.54, 1.807) is 4.90 Å². The molecule has 7 nitrogen and oxygen atoms in total. The fourth-order valence-corrected chi connectivity index (χ4v) is 5.47. The summed E-state index contributed by atoms with van der Waals surface area (Å²) >= 11 is 0. The van der Waals surface area contributed by atoms with Gasteiger partial charge in [-0.1, -0.05) is 74.0 Å². The number of carbonyl (C=O) groups is 2. The Kier molecular flexibility index (Phi) is 8.19. The molecule has 2 heterocycles. The molecule has 1 aliphatic rings. The number of para-hydroxylation sites is 1. The Bertz CT molecular complexity index is 1710. The van der Waals surface area contributed by atoms with Gasteiger partial charge in [-0.15, -0.1) is 0 Å². The first kappa shape index (κ1) is 27.5. The summed E-state index contributed by atoms with van der Waals surface area (Å²) in [6, 6.07) is 29.7. The predicted molar refractivity (Wildman–Crippen MR) is 167 cm³/mol. The second-order valence-corrected chi connectivity index (χ2v) is 10.7. The zero-order chi connectivity index (χ0) is 28.9. The number of benzene rings is 4. The second-order valence-electron chi connectivity index (χ2n) is 10.7. The number of hydrogen-bond donors (Lipinski definition) is 1. The van der Waals surface area contributed by atoms with Crippen LogP contribution >= 0.6 is 0 Å². The molecule has 1 saturated heterocycles. The first-order chi connectivity index (χ1) is 20.6. The number of rotatable bonds is 8. The molecule has 1 aliphatic heterocycles. The molecule has 4 aromatic carbocycles. The SMILES string of the molecule is CCCCOC(=O)N1CCN(Cc2ccc3cc(-c4ccccc4NC(=O)c4cccc5ccccc45)oc3c2)CC1.